The Morgan fingerprint density at radius 3 is 2.18 bits per heavy atom. The van der Waals surface area contributed by atoms with Gasteiger partial charge in [0, 0.05) is 23.8 Å². The molecule has 0 saturated heterocycles. The Labute approximate surface area is 177 Å². The van der Waals surface area contributed by atoms with Gasteiger partial charge in [0.25, 0.3) is 0 Å². The summed E-state index contributed by atoms with van der Waals surface area (Å²) in [6, 6.07) is 3.55. The summed E-state index contributed by atoms with van der Waals surface area (Å²) in [5, 5.41) is 7.69. The number of hydrogen-bond acceptors (Lipinski definition) is 3. The molecule has 0 amide bonds. The van der Waals surface area contributed by atoms with Gasteiger partial charge in [-0.2, -0.15) is 5.10 Å². The lowest BCUT2D eigenvalue weighted by molar-refractivity contribution is 0.545. The van der Waals surface area contributed by atoms with Gasteiger partial charge in [-0.3, -0.25) is 0 Å². The molecule has 28 heavy (non-hydrogen) atoms. The molecule has 1 aromatic carbocycles. The first-order chi connectivity index (χ1) is 13.2. The Balaban J connectivity index is 0.000000618. The summed E-state index contributed by atoms with van der Waals surface area (Å²) in [5.41, 5.74) is 5.53. The molecule has 0 spiro atoms. The lowest BCUT2D eigenvalue weighted by Gasteiger charge is -2.15. The average molecular weight is 414 g/mol. The van der Waals surface area contributed by atoms with Crippen molar-refractivity contribution in [1.82, 2.24) is 5.43 Å². The number of benzene rings is 1. The van der Waals surface area contributed by atoms with Crippen molar-refractivity contribution in [2.24, 2.45) is 16.9 Å². The van der Waals surface area contributed by atoms with Gasteiger partial charge >= 0.3 is 0 Å². The zero-order valence-electron chi connectivity index (χ0n) is 19.1. The van der Waals surface area contributed by atoms with E-state index in [2.05, 4.69) is 29.7 Å². The second-order valence-corrected chi connectivity index (χ2v) is 8.12. The largest absolute Gasteiger partial charge is 0.380 e. The average Bonchev–Trinajstić information content (AvgIpc) is 3.14. The van der Waals surface area contributed by atoms with Crippen LogP contribution in [0.25, 0.3) is 0 Å². The molecule has 0 aromatic heterocycles. The SMILES string of the molecule is CC.CC(C)Nc1cc(CC2CCCC2)c(Cl)cc1F.CN/N=C(/C)C(C)C. The van der Waals surface area contributed by atoms with Gasteiger partial charge in [0.1, 0.15) is 5.82 Å². The van der Waals surface area contributed by atoms with Gasteiger partial charge in [0.2, 0.25) is 0 Å². The molecule has 1 aliphatic carbocycles. The van der Waals surface area contributed by atoms with Gasteiger partial charge in [-0.25, -0.2) is 4.39 Å². The summed E-state index contributed by atoms with van der Waals surface area (Å²) in [5.74, 6) is 1.02. The van der Waals surface area contributed by atoms with E-state index in [1.165, 1.54) is 31.7 Å². The van der Waals surface area contributed by atoms with Crippen LogP contribution in [0.1, 0.15) is 79.7 Å². The third-order valence-electron chi connectivity index (χ3n) is 4.69. The summed E-state index contributed by atoms with van der Waals surface area (Å²) in [7, 11) is 1.81. The third kappa shape index (κ3) is 10.3. The summed E-state index contributed by atoms with van der Waals surface area (Å²) in [4.78, 5) is 0. The van der Waals surface area contributed by atoms with Gasteiger partial charge in [0.15, 0.2) is 0 Å². The molecule has 0 unspecified atom stereocenters. The molecule has 0 heterocycles. The Morgan fingerprint density at radius 1 is 1.18 bits per heavy atom. The number of hydrazone groups is 1. The molecule has 1 aromatic rings. The van der Waals surface area contributed by atoms with E-state index in [4.69, 9.17) is 11.6 Å². The van der Waals surface area contributed by atoms with E-state index in [9.17, 15) is 4.39 Å². The molecule has 1 fully saturated rings. The number of nitrogens with one attached hydrogen (secondary N) is 2. The number of hydrogen-bond donors (Lipinski definition) is 2. The molecule has 162 valence electrons. The van der Waals surface area contributed by atoms with E-state index in [0.717, 1.165) is 23.6 Å². The summed E-state index contributed by atoms with van der Waals surface area (Å²) in [6.45, 7) is 14.3. The predicted molar refractivity (Wildman–Crippen MR) is 124 cm³/mol. The van der Waals surface area contributed by atoms with E-state index in [1.54, 1.807) is 0 Å². The topological polar surface area (TPSA) is 36.4 Å². The van der Waals surface area contributed by atoms with Crippen molar-refractivity contribution in [2.75, 3.05) is 12.4 Å². The molecule has 1 aliphatic rings. The molecular weight excluding hydrogens is 373 g/mol. The monoisotopic (exact) mass is 413 g/mol. The highest BCUT2D eigenvalue weighted by Gasteiger charge is 2.18. The fourth-order valence-electron chi connectivity index (χ4n) is 3.00. The quantitative estimate of drug-likeness (QED) is 0.379. The van der Waals surface area contributed by atoms with Crippen LogP contribution in [-0.2, 0) is 6.42 Å². The molecule has 2 rings (SSSR count). The number of rotatable bonds is 6. The second kappa shape index (κ2) is 14.7. The molecule has 0 bridgehead atoms. The van der Waals surface area contributed by atoms with E-state index in [-0.39, 0.29) is 11.9 Å². The highest BCUT2D eigenvalue weighted by Crippen LogP contribution is 2.32. The highest BCUT2D eigenvalue weighted by molar-refractivity contribution is 6.31. The van der Waals surface area contributed by atoms with Crippen molar-refractivity contribution >= 4 is 23.0 Å². The zero-order chi connectivity index (χ0) is 21.7. The maximum Gasteiger partial charge on any atom is 0.147 e. The number of anilines is 1. The lowest BCUT2D eigenvalue weighted by Crippen LogP contribution is -2.12. The zero-order valence-corrected chi connectivity index (χ0v) is 19.9. The number of halogens is 2. The van der Waals surface area contributed by atoms with Gasteiger partial charge in [0.05, 0.1) is 5.69 Å². The Kier molecular flexibility index (Phi) is 14.0. The Morgan fingerprint density at radius 2 is 1.75 bits per heavy atom. The van der Waals surface area contributed by atoms with Crippen LogP contribution in [0.3, 0.4) is 0 Å². The van der Waals surface area contributed by atoms with Crippen molar-refractivity contribution in [3.8, 4) is 0 Å². The Hall–Kier alpha value is -1.29. The minimum absolute atomic E-state index is 0.222. The molecule has 3 nitrogen and oxygen atoms in total. The predicted octanol–water partition coefficient (Wildman–Crippen LogP) is 7.30. The van der Waals surface area contributed by atoms with Crippen molar-refractivity contribution < 1.29 is 4.39 Å². The maximum atomic E-state index is 13.8. The van der Waals surface area contributed by atoms with E-state index >= 15 is 0 Å². The third-order valence-corrected chi connectivity index (χ3v) is 5.04. The van der Waals surface area contributed by atoms with E-state index < -0.39 is 0 Å². The van der Waals surface area contributed by atoms with Crippen LogP contribution >= 0.6 is 11.6 Å². The van der Waals surface area contributed by atoms with Crippen molar-refractivity contribution in [3.63, 3.8) is 0 Å². The van der Waals surface area contributed by atoms with Crippen LogP contribution < -0.4 is 10.7 Å². The molecule has 1 saturated carbocycles. The van der Waals surface area contributed by atoms with Crippen molar-refractivity contribution in [1.29, 1.82) is 0 Å². The second-order valence-electron chi connectivity index (χ2n) is 7.71. The summed E-state index contributed by atoms with van der Waals surface area (Å²) in [6.07, 6.45) is 6.17. The first-order valence-electron chi connectivity index (χ1n) is 10.7. The molecular formula is C23H41ClFN3. The fourth-order valence-corrected chi connectivity index (χ4v) is 3.23. The standard InChI is InChI=1S/C15H21ClFN.C6H14N2.C2H6/c1-10(2)18-15-8-12(13(16)9-14(15)17)7-11-5-3-4-6-11;1-5(2)6(3)8-7-4;1-2/h8-11,18H,3-7H2,1-2H3;5,7H,1-4H3;1-2H3/b;8-6-;. The fraction of sp³-hybridized carbons (Fsp3) is 0.696. The normalized spacial score (nSPS) is 14.4. The van der Waals surface area contributed by atoms with Gasteiger partial charge < -0.3 is 10.7 Å². The van der Waals surface area contributed by atoms with Gasteiger partial charge in [-0.15, -0.1) is 0 Å². The minimum Gasteiger partial charge on any atom is -0.380 e. The maximum absolute atomic E-state index is 13.8. The Bertz CT molecular complexity index is 579. The van der Waals surface area contributed by atoms with Crippen molar-refractivity contribution in [2.45, 2.75) is 86.6 Å². The first-order valence-corrected chi connectivity index (χ1v) is 11.1. The van der Waals surface area contributed by atoms with Crippen LogP contribution in [0.4, 0.5) is 10.1 Å². The lowest BCUT2D eigenvalue weighted by atomic mass is 9.97. The van der Waals surface area contributed by atoms with E-state index in [1.807, 2.05) is 47.7 Å². The van der Waals surface area contributed by atoms with Crippen molar-refractivity contribution in [3.05, 3.63) is 28.5 Å². The smallest absolute Gasteiger partial charge is 0.147 e. The van der Waals surface area contributed by atoms with Crippen LogP contribution in [0.5, 0.6) is 0 Å². The molecule has 2 N–H and O–H groups in total. The molecule has 0 radical (unpaired) electrons. The van der Waals surface area contributed by atoms with Crippen LogP contribution in [0, 0.1) is 17.7 Å². The summed E-state index contributed by atoms with van der Waals surface area (Å²) >= 11 is 6.15. The molecule has 0 aliphatic heterocycles. The van der Waals surface area contributed by atoms with E-state index in [0.29, 0.717) is 16.6 Å². The minimum atomic E-state index is -0.260. The number of nitrogens with zero attached hydrogens (tertiary/aromatic N) is 1. The van der Waals surface area contributed by atoms with Gasteiger partial charge in [-0.05, 0) is 56.7 Å². The molecule has 5 heteroatoms. The molecule has 0 atom stereocenters. The van der Waals surface area contributed by atoms with Crippen LogP contribution in [-0.4, -0.2) is 18.8 Å². The highest BCUT2D eigenvalue weighted by atomic mass is 35.5. The first kappa shape index (κ1) is 26.7. The summed E-state index contributed by atoms with van der Waals surface area (Å²) < 4.78 is 13.8. The van der Waals surface area contributed by atoms with Crippen LogP contribution in [0.15, 0.2) is 17.2 Å². The van der Waals surface area contributed by atoms with Gasteiger partial charge in [-0.1, -0.05) is 65.0 Å². The van der Waals surface area contributed by atoms with Crippen LogP contribution in [0.2, 0.25) is 5.02 Å².